The highest BCUT2D eigenvalue weighted by molar-refractivity contribution is 5.88. The topological polar surface area (TPSA) is 120 Å². The number of hydrogen-bond donors (Lipinski definition) is 4. The standard InChI is InChI=1S/C21H36N4O5/c1-16-8-6-4-5-7-9-18(26)13-23-19(27)14-24-20(28)15-25(3)21(29)10-11-22-12-17(2)30-16/h4-6,8,16-18,22,26H,7,9-15H2,1-3H3,(H,23,27)(H,24,28)/b5-4-,8-6-/t16?,17-,18?/m1/s1. The van der Waals surface area contributed by atoms with E-state index >= 15 is 0 Å². The number of likely N-dealkylation sites (N-methyl/N-ethyl adjacent to an activating group) is 1. The number of allylic oxidation sites excluding steroid dienone is 3. The summed E-state index contributed by atoms with van der Waals surface area (Å²) >= 11 is 0. The number of β-amino-alcohol motifs (C(OH)–C–C–N with tert-alkyl or cyclic N) is 1. The summed E-state index contributed by atoms with van der Waals surface area (Å²) in [7, 11) is 1.55. The summed E-state index contributed by atoms with van der Waals surface area (Å²) in [5.74, 6) is -0.970. The molecule has 1 aliphatic rings. The highest BCUT2D eigenvalue weighted by Gasteiger charge is 2.14. The van der Waals surface area contributed by atoms with Crippen molar-refractivity contribution in [1.82, 2.24) is 20.9 Å². The predicted molar refractivity (Wildman–Crippen MR) is 115 cm³/mol. The fraction of sp³-hybridized carbons (Fsp3) is 0.667. The molecule has 0 saturated heterocycles. The molecular weight excluding hydrogens is 388 g/mol. The maximum absolute atomic E-state index is 12.1. The minimum Gasteiger partial charge on any atom is -0.391 e. The number of amides is 3. The van der Waals surface area contributed by atoms with Gasteiger partial charge >= 0.3 is 0 Å². The number of hydrogen-bond acceptors (Lipinski definition) is 6. The van der Waals surface area contributed by atoms with Crippen molar-refractivity contribution in [2.75, 3.05) is 39.8 Å². The molecule has 0 bridgehead atoms. The lowest BCUT2D eigenvalue weighted by Gasteiger charge is -2.19. The third kappa shape index (κ3) is 12.4. The van der Waals surface area contributed by atoms with Crippen LogP contribution in [0.15, 0.2) is 24.3 Å². The van der Waals surface area contributed by atoms with Crippen LogP contribution in [-0.4, -0.2) is 85.8 Å². The number of rotatable bonds is 0. The molecule has 0 saturated carbocycles. The van der Waals surface area contributed by atoms with Crippen LogP contribution in [0.25, 0.3) is 0 Å². The van der Waals surface area contributed by atoms with Gasteiger partial charge in [-0.2, -0.15) is 0 Å². The third-order valence-electron chi connectivity index (χ3n) is 4.48. The van der Waals surface area contributed by atoms with E-state index in [9.17, 15) is 19.5 Å². The summed E-state index contributed by atoms with van der Waals surface area (Å²) in [6, 6.07) is 0. The molecule has 0 radical (unpaired) electrons. The highest BCUT2D eigenvalue weighted by atomic mass is 16.5. The number of nitrogens with one attached hydrogen (secondary N) is 3. The van der Waals surface area contributed by atoms with Crippen LogP contribution in [0, 0.1) is 0 Å². The molecule has 0 aromatic rings. The van der Waals surface area contributed by atoms with Crippen LogP contribution >= 0.6 is 0 Å². The van der Waals surface area contributed by atoms with E-state index in [4.69, 9.17) is 4.74 Å². The minimum atomic E-state index is -0.667. The van der Waals surface area contributed by atoms with Crippen LogP contribution in [0.2, 0.25) is 0 Å². The number of nitrogens with zero attached hydrogens (tertiary/aromatic N) is 1. The monoisotopic (exact) mass is 424 g/mol. The summed E-state index contributed by atoms with van der Waals surface area (Å²) in [6.07, 6.45) is 8.41. The molecule has 0 aromatic carbocycles. The number of aliphatic hydroxyl groups excluding tert-OH is 1. The molecule has 3 amide bonds. The normalized spacial score (nSPS) is 29.5. The summed E-state index contributed by atoms with van der Waals surface area (Å²) in [5.41, 5.74) is 0. The van der Waals surface area contributed by atoms with Gasteiger partial charge in [-0.15, -0.1) is 0 Å². The van der Waals surface area contributed by atoms with Gasteiger partial charge in [-0.1, -0.05) is 24.3 Å². The predicted octanol–water partition coefficient (Wildman–Crippen LogP) is -0.282. The van der Waals surface area contributed by atoms with Crippen LogP contribution in [0.3, 0.4) is 0 Å². The quantitative estimate of drug-likeness (QED) is 0.425. The van der Waals surface area contributed by atoms with Crippen molar-refractivity contribution in [2.24, 2.45) is 0 Å². The summed E-state index contributed by atoms with van der Waals surface area (Å²) in [6.45, 7) is 4.81. The molecule has 0 fully saturated rings. The Bertz CT molecular complexity index is 608. The Morgan fingerprint density at radius 2 is 1.87 bits per heavy atom. The Kier molecular flexibility index (Phi) is 12.6. The number of aliphatic hydroxyl groups is 1. The fourth-order valence-electron chi connectivity index (χ4n) is 2.77. The van der Waals surface area contributed by atoms with E-state index < -0.39 is 12.0 Å². The first kappa shape index (κ1) is 25.8. The fourth-order valence-corrected chi connectivity index (χ4v) is 2.77. The van der Waals surface area contributed by atoms with E-state index in [0.717, 1.165) is 0 Å². The highest BCUT2D eigenvalue weighted by Crippen LogP contribution is 2.01. The Hall–Kier alpha value is -2.23. The zero-order chi connectivity index (χ0) is 22.4. The van der Waals surface area contributed by atoms with E-state index in [-0.39, 0.29) is 50.1 Å². The second kappa shape index (κ2) is 14.7. The van der Waals surface area contributed by atoms with Gasteiger partial charge in [0.05, 0.1) is 31.4 Å². The molecule has 9 nitrogen and oxygen atoms in total. The zero-order valence-electron chi connectivity index (χ0n) is 18.2. The molecule has 30 heavy (non-hydrogen) atoms. The number of ether oxygens (including phenoxy) is 1. The molecule has 0 aliphatic carbocycles. The summed E-state index contributed by atoms with van der Waals surface area (Å²) in [4.78, 5) is 37.2. The van der Waals surface area contributed by atoms with Gasteiger partial charge in [-0.05, 0) is 26.7 Å². The van der Waals surface area contributed by atoms with E-state index in [0.29, 0.717) is 25.9 Å². The molecular formula is C21H36N4O5. The first-order valence-corrected chi connectivity index (χ1v) is 10.4. The first-order chi connectivity index (χ1) is 14.3. The summed E-state index contributed by atoms with van der Waals surface area (Å²) in [5, 5.41) is 18.2. The van der Waals surface area contributed by atoms with Gasteiger partial charge in [-0.3, -0.25) is 14.4 Å². The lowest BCUT2D eigenvalue weighted by Crippen LogP contribution is -2.44. The molecule has 3 atom stereocenters. The zero-order valence-corrected chi connectivity index (χ0v) is 18.2. The molecule has 1 aliphatic heterocycles. The molecule has 1 heterocycles. The second-order valence-corrected chi connectivity index (χ2v) is 7.48. The first-order valence-electron chi connectivity index (χ1n) is 10.4. The van der Waals surface area contributed by atoms with Gasteiger partial charge in [0.2, 0.25) is 17.7 Å². The van der Waals surface area contributed by atoms with Crippen molar-refractivity contribution >= 4 is 17.7 Å². The van der Waals surface area contributed by atoms with Crippen molar-refractivity contribution in [3.8, 4) is 0 Å². The van der Waals surface area contributed by atoms with Gasteiger partial charge in [0.15, 0.2) is 0 Å². The van der Waals surface area contributed by atoms with Gasteiger partial charge in [-0.25, -0.2) is 0 Å². The molecule has 1 rings (SSSR count). The van der Waals surface area contributed by atoms with Crippen LogP contribution in [0.4, 0.5) is 0 Å². The van der Waals surface area contributed by atoms with Crippen molar-refractivity contribution in [3.63, 3.8) is 0 Å². The van der Waals surface area contributed by atoms with E-state index in [1.54, 1.807) is 7.05 Å². The van der Waals surface area contributed by atoms with Crippen molar-refractivity contribution in [3.05, 3.63) is 24.3 Å². The Balaban J connectivity index is 2.61. The van der Waals surface area contributed by atoms with Crippen LogP contribution in [0.1, 0.15) is 33.1 Å². The smallest absolute Gasteiger partial charge is 0.240 e. The Morgan fingerprint density at radius 1 is 1.10 bits per heavy atom. The van der Waals surface area contributed by atoms with E-state index in [1.165, 1.54) is 4.90 Å². The van der Waals surface area contributed by atoms with Crippen molar-refractivity contribution in [1.29, 1.82) is 0 Å². The molecule has 0 spiro atoms. The van der Waals surface area contributed by atoms with Crippen molar-refractivity contribution < 1.29 is 24.2 Å². The van der Waals surface area contributed by atoms with Crippen LogP contribution in [-0.2, 0) is 19.1 Å². The van der Waals surface area contributed by atoms with E-state index in [2.05, 4.69) is 16.0 Å². The third-order valence-corrected chi connectivity index (χ3v) is 4.48. The minimum absolute atomic E-state index is 0.0194. The molecule has 4 N–H and O–H groups in total. The van der Waals surface area contributed by atoms with Gasteiger partial charge in [0.25, 0.3) is 0 Å². The lowest BCUT2D eigenvalue weighted by atomic mass is 10.2. The Morgan fingerprint density at radius 3 is 2.63 bits per heavy atom. The lowest BCUT2D eigenvalue weighted by molar-refractivity contribution is -0.135. The molecule has 0 aromatic heterocycles. The van der Waals surface area contributed by atoms with Crippen molar-refractivity contribution in [2.45, 2.75) is 51.4 Å². The molecule has 170 valence electrons. The SMILES string of the molecule is CC1/C=C\C=C/CCC(O)CNC(=O)CNC(=O)CN(C)C(=O)CCNC[C@@H](C)O1. The van der Waals surface area contributed by atoms with E-state index in [1.807, 2.05) is 38.2 Å². The maximum Gasteiger partial charge on any atom is 0.240 e. The average molecular weight is 425 g/mol. The van der Waals surface area contributed by atoms with Gasteiger partial charge in [0.1, 0.15) is 0 Å². The Labute approximate surface area is 178 Å². The molecule has 2 unspecified atom stereocenters. The summed E-state index contributed by atoms with van der Waals surface area (Å²) < 4.78 is 5.85. The largest absolute Gasteiger partial charge is 0.391 e. The number of carbonyl (C=O) groups is 3. The second-order valence-electron chi connectivity index (χ2n) is 7.48. The maximum atomic E-state index is 12.1. The average Bonchev–Trinajstić information content (AvgIpc) is 2.69. The number of carbonyl (C=O) groups excluding carboxylic acids is 3. The van der Waals surface area contributed by atoms with Crippen LogP contribution < -0.4 is 16.0 Å². The van der Waals surface area contributed by atoms with Gasteiger partial charge < -0.3 is 30.7 Å². The van der Waals surface area contributed by atoms with Crippen LogP contribution in [0.5, 0.6) is 0 Å². The van der Waals surface area contributed by atoms with Gasteiger partial charge in [0, 0.05) is 33.1 Å². The molecule has 9 heteroatoms.